The van der Waals surface area contributed by atoms with Gasteiger partial charge in [-0.15, -0.1) is 0 Å². The molecule has 46 heavy (non-hydrogen) atoms. The Morgan fingerprint density at radius 3 is 2.37 bits per heavy atom. The molecule has 0 unspecified atom stereocenters. The van der Waals surface area contributed by atoms with Crippen LogP contribution in [0.5, 0.6) is 23.0 Å². The van der Waals surface area contributed by atoms with E-state index in [1.54, 1.807) is 12.3 Å². The molecule has 6 rings (SSSR count). The maximum Gasteiger partial charge on any atom is 0.240 e. The van der Waals surface area contributed by atoms with Crippen LogP contribution in [0, 0.1) is 17.0 Å². The van der Waals surface area contributed by atoms with E-state index in [-0.39, 0.29) is 22.9 Å². The highest BCUT2D eigenvalue weighted by molar-refractivity contribution is 6.16. The number of hydrogen-bond acceptors (Lipinski definition) is 9. The Labute approximate surface area is 263 Å². The van der Waals surface area contributed by atoms with E-state index in [2.05, 4.69) is 25.5 Å². The van der Waals surface area contributed by atoms with Gasteiger partial charge in [-0.3, -0.25) is 14.5 Å². The van der Waals surface area contributed by atoms with Gasteiger partial charge in [-0.2, -0.15) is 0 Å². The molecule has 1 saturated heterocycles. The van der Waals surface area contributed by atoms with Crippen molar-refractivity contribution in [2.75, 3.05) is 57.2 Å². The highest BCUT2D eigenvalue weighted by atomic mass is 19.1. The number of anilines is 2. The van der Waals surface area contributed by atoms with E-state index in [9.17, 15) is 14.0 Å². The molecule has 13 heteroatoms. The zero-order chi connectivity index (χ0) is 32.1. The van der Waals surface area contributed by atoms with Crippen molar-refractivity contribution in [1.29, 1.82) is 0 Å². The first kappa shape index (κ1) is 31.1. The Morgan fingerprint density at radius 2 is 1.67 bits per heavy atom. The largest absolute Gasteiger partial charge is 0.493 e. The molecule has 2 fully saturated rings. The summed E-state index contributed by atoms with van der Waals surface area (Å²) in [4.78, 5) is 36.7. The second-order valence-corrected chi connectivity index (χ2v) is 11.1. The quantitative estimate of drug-likeness (QED) is 0.161. The second-order valence-electron chi connectivity index (χ2n) is 11.1. The molecule has 2 aliphatic rings. The molecule has 3 aromatic carbocycles. The van der Waals surface area contributed by atoms with Gasteiger partial charge in [0, 0.05) is 49.3 Å². The predicted octanol–water partition coefficient (Wildman–Crippen LogP) is 5.17. The van der Waals surface area contributed by atoms with Crippen LogP contribution in [-0.4, -0.2) is 73.2 Å². The minimum absolute atomic E-state index is 0.134. The first-order valence-corrected chi connectivity index (χ1v) is 15.0. The summed E-state index contributed by atoms with van der Waals surface area (Å²) in [5, 5.41) is 5.78. The van der Waals surface area contributed by atoms with E-state index >= 15 is 4.39 Å². The van der Waals surface area contributed by atoms with Crippen LogP contribution in [0.2, 0.25) is 0 Å². The number of carbonyl (C=O) groups is 2. The van der Waals surface area contributed by atoms with Crippen LogP contribution in [0.4, 0.5) is 20.2 Å². The summed E-state index contributed by atoms with van der Waals surface area (Å²) in [6, 6.07) is 10.9. The van der Waals surface area contributed by atoms with Crippen molar-refractivity contribution in [2.45, 2.75) is 19.3 Å². The van der Waals surface area contributed by atoms with Gasteiger partial charge in [0.05, 0.1) is 37.8 Å². The zero-order valence-corrected chi connectivity index (χ0v) is 25.2. The van der Waals surface area contributed by atoms with E-state index in [0.29, 0.717) is 55.0 Å². The number of nitrogens with one attached hydrogen (secondary N) is 2. The number of hydrogen-bond donors (Lipinski definition) is 2. The van der Waals surface area contributed by atoms with Crippen LogP contribution in [0.1, 0.15) is 19.3 Å². The molecule has 1 saturated carbocycles. The molecule has 0 atom stereocenters. The number of rotatable bonds is 12. The molecule has 0 spiro atoms. The van der Waals surface area contributed by atoms with Gasteiger partial charge < -0.3 is 29.6 Å². The summed E-state index contributed by atoms with van der Waals surface area (Å²) in [5.41, 5.74) is -0.267. The predicted molar refractivity (Wildman–Crippen MR) is 165 cm³/mol. The third kappa shape index (κ3) is 6.85. The molecule has 2 amide bonds. The molecule has 4 aromatic rings. The van der Waals surface area contributed by atoms with E-state index in [1.807, 2.05) is 0 Å². The number of halogens is 2. The van der Waals surface area contributed by atoms with Gasteiger partial charge in [-0.1, -0.05) is 0 Å². The highest BCUT2D eigenvalue weighted by Crippen LogP contribution is 2.48. The molecule has 1 aliphatic carbocycles. The van der Waals surface area contributed by atoms with Gasteiger partial charge >= 0.3 is 0 Å². The molecule has 2 heterocycles. The Morgan fingerprint density at radius 1 is 0.957 bits per heavy atom. The molecule has 1 aromatic heterocycles. The van der Waals surface area contributed by atoms with Gasteiger partial charge in [0.25, 0.3) is 0 Å². The van der Waals surface area contributed by atoms with Crippen LogP contribution in [0.25, 0.3) is 10.9 Å². The average molecular weight is 634 g/mol. The standard InChI is InChI=1S/C33H33F2N5O6/c1-43-28-18-26-24(19-36-20-37-26)29(30(28)45-14-2-11-40-12-15-44-16-13-40)46-27-8-7-23(17-25(27)35)39-32(42)33(9-10-33)31(41)38-22-5-3-21(34)4-6-22/h3-8,17-20H,2,9-16H2,1H3,(H,38,41)(H,39,42). The lowest BCUT2D eigenvalue weighted by Crippen LogP contribution is -2.37. The minimum atomic E-state index is -1.30. The Kier molecular flexibility index (Phi) is 9.22. The summed E-state index contributed by atoms with van der Waals surface area (Å²) < 4.78 is 52.0. The summed E-state index contributed by atoms with van der Waals surface area (Å²) in [6.45, 7) is 4.33. The summed E-state index contributed by atoms with van der Waals surface area (Å²) in [6.07, 6.45) is 4.33. The smallest absolute Gasteiger partial charge is 0.240 e. The second kappa shape index (κ2) is 13.6. The number of methoxy groups -OCH3 is 1. The van der Waals surface area contributed by atoms with E-state index in [1.165, 1.54) is 49.8 Å². The molecule has 1 aliphatic heterocycles. The van der Waals surface area contributed by atoms with E-state index in [4.69, 9.17) is 18.9 Å². The fourth-order valence-electron chi connectivity index (χ4n) is 5.22. The minimum Gasteiger partial charge on any atom is -0.493 e. The Bertz CT molecular complexity index is 1730. The SMILES string of the molecule is COc1cc2ncncc2c(Oc2ccc(NC(=O)C3(C(=O)Nc4ccc(F)cc4)CC3)cc2F)c1OCCCN1CCOCC1. The number of nitrogens with zero attached hydrogens (tertiary/aromatic N) is 3. The van der Waals surface area contributed by atoms with Crippen molar-refractivity contribution >= 4 is 34.1 Å². The van der Waals surface area contributed by atoms with Gasteiger partial charge in [0.2, 0.25) is 17.6 Å². The van der Waals surface area contributed by atoms with Crippen molar-refractivity contribution in [3.8, 4) is 23.0 Å². The van der Waals surface area contributed by atoms with Crippen molar-refractivity contribution < 1.29 is 37.3 Å². The van der Waals surface area contributed by atoms with Gasteiger partial charge in [-0.05, 0) is 55.7 Å². The first-order chi connectivity index (χ1) is 22.4. The zero-order valence-electron chi connectivity index (χ0n) is 25.2. The van der Waals surface area contributed by atoms with Crippen molar-refractivity contribution in [3.05, 3.63) is 72.7 Å². The number of fused-ring (bicyclic) bond motifs is 1. The lowest BCUT2D eigenvalue weighted by molar-refractivity contribution is -0.131. The van der Waals surface area contributed by atoms with E-state index in [0.717, 1.165) is 32.1 Å². The molecule has 11 nitrogen and oxygen atoms in total. The molecular formula is C33H33F2N5O6. The van der Waals surface area contributed by atoms with Crippen LogP contribution in [-0.2, 0) is 14.3 Å². The number of morpholine rings is 1. The fourth-order valence-corrected chi connectivity index (χ4v) is 5.22. The molecule has 0 radical (unpaired) electrons. The van der Waals surface area contributed by atoms with Crippen LogP contribution in [0.15, 0.2) is 61.1 Å². The summed E-state index contributed by atoms with van der Waals surface area (Å²) in [5.74, 6) is -1.58. The molecule has 2 N–H and O–H groups in total. The average Bonchev–Trinajstić information content (AvgIpc) is 3.89. The first-order valence-electron chi connectivity index (χ1n) is 15.0. The Balaban J connectivity index is 1.17. The maximum absolute atomic E-state index is 15.5. The monoisotopic (exact) mass is 633 g/mol. The lowest BCUT2D eigenvalue weighted by atomic mass is 10.0. The van der Waals surface area contributed by atoms with Gasteiger partial charge in [0.1, 0.15) is 17.6 Å². The number of ether oxygens (including phenoxy) is 4. The number of benzene rings is 3. The normalized spacial score (nSPS) is 15.6. The maximum atomic E-state index is 15.5. The highest BCUT2D eigenvalue weighted by Gasteiger charge is 2.56. The Hall–Kier alpha value is -4.88. The fraction of sp³-hybridized carbons (Fsp3) is 0.333. The van der Waals surface area contributed by atoms with Crippen molar-refractivity contribution in [2.24, 2.45) is 5.41 Å². The van der Waals surface area contributed by atoms with E-state index < -0.39 is 28.9 Å². The van der Waals surface area contributed by atoms with Gasteiger partial charge in [0.15, 0.2) is 23.1 Å². The molecular weight excluding hydrogens is 600 g/mol. The molecule has 0 bridgehead atoms. The number of amides is 2. The molecule has 240 valence electrons. The van der Waals surface area contributed by atoms with Crippen molar-refractivity contribution in [1.82, 2.24) is 14.9 Å². The lowest BCUT2D eigenvalue weighted by Gasteiger charge is -2.26. The summed E-state index contributed by atoms with van der Waals surface area (Å²) >= 11 is 0. The number of carbonyl (C=O) groups excluding carboxylic acids is 2. The van der Waals surface area contributed by atoms with Gasteiger partial charge in [-0.25, -0.2) is 18.7 Å². The van der Waals surface area contributed by atoms with Crippen LogP contribution >= 0.6 is 0 Å². The third-order valence-electron chi connectivity index (χ3n) is 8.00. The number of aromatic nitrogens is 2. The summed E-state index contributed by atoms with van der Waals surface area (Å²) in [7, 11) is 1.50. The van der Waals surface area contributed by atoms with Crippen molar-refractivity contribution in [3.63, 3.8) is 0 Å². The van der Waals surface area contributed by atoms with Crippen LogP contribution in [0.3, 0.4) is 0 Å². The van der Waals surface area contributed by atoms with Crippen LogP contribution < -0.4 is 24.8 Å². The topological polar surface area (TPSA) is 124 Å². The third-order valence-corrected chi connectivity index (χ3v) is 8.00.